The fraction of sp³-hybridized carbons (Fsp3) is 0.133. The molecule has 0 bridgehead atoms. The monoisotopic (exact) mass is 366 g/mol. The van der Waals surface area contributed by atoms with E-state index in [4.69, 9.17) is 16.3 Å². The molecule has 1 amide bonds. The topological polar surface area (TPSA) is 50.4 Å². The number of fused-ring (bicyclic) bond motifs is 1. The lowest BCUT2D eigenvalue weighted by Crippen LogP contribution is -2.23. The van der Waals surface area contributed by atoms with E-state index >= 15 is 0 Å². The van der Waals surface area contributed by atoms with Gasteiger partial charge in [0.05, 0.1) is 5.02 Å². The molecule has 108 valence electrons. The van der Waals surface area contributed by atoms with Crippen LogP contribution in [0.25, 0.3) is 0 Å². The summed E-state index contributed by atoms with van der Waals surface area (Å²) in [5, 5.41) is 6.32. The zero-order valence-corrected chi connectivity index (χ0v) is 13.5. The standard InChI is InChI=1S/C15H12BrClN2O2/c1-18-14-10-4-3-9(7-12(10)19-15(14)20)21-13-5-2-8(16)6-11(13)17/h2-7,14,18H,1H3,(H,19,20). The molecule has 0 aromatic heterocycles. The van der Waals surface area contributed by atoms with Crippen molar-refractivity contribution >= 4 is 39.1 Å². The summed E-state index contributed by atoms with van der Waals surface area (Å²) in [5.41, 5.74) is 1.67. The van der Waals surface area contributed by atoms with Crippen LogP contribution in [0.2, 0.25) is 5.02 Å². The molecule has 0 fully saturated rings. The number of anilines is 1. The van der Waals surface area contributed by atoms with E-state index in [1.165, 1.54) is 0 Å². The Morgan fingerprint density at radius 2 is 2.10 bits per heavy atom. The van der Waals surface area contributed by atoms with Gasteiger partial charge in [-0.3, -0.25) is 4.79 Å². The van der Waals surface area contributed by atoms with Crippen LogP contribution in [0, 0.1) is 0 Å². The van der Waals surface area contributed by atoms with Gasteiger partial charge in [-0.25, -0.2) is 0 Å². The number of benzene rings is 2. The first-order valence-corrected chi connectivity index (χ1v) is 7.50. The molecule has 2 aromatic carbocycles. The second kappa shape index (κ2) is 5.67. The van der Waals surface area contributed by atoms with E-state index in [9.17, 15) is 4.79 Å². The molecule has 2 aromatic rings. The van der Waals surface area contributed by atoms with E-state index in [2.05, 4.69) is 26.6 Å². The predicted octanol–water partition coefficient (Wildman–Crippen LogP) is 4.11. The quantitative estimate of drug-likeness (QED) is 0.858. The highest BCUT2D eigenvalue weighted by molar-refractivity contribution is 9.10. The zero-order valence-electron chi connectivity index (χ0n) is 11.1. The Bertz CT molecular complexity index is 721. The van der Waals surface area contributed by atoms with Crippen molar-refractivity contribution in [2.75, 3.05) is 12.4 Å². The number of ether oxygens (including phenoxy) is 1. The summed E-state index contributed by atoms with van der Waals surface area (Å²) in [7, 11) is 1.76. The van der Waals surface area contributed by atoms with E-state index in [0.717, 1.165) is 15.7 Å². The number of hydrogen-bond acceptors (Lipinski definition) is 3. The fourth-order valence-corrected chi connectivity index (χ4v) is 2.99. The molecule has 1 aliphatic rings. The summed E-state index contributed by atoms with van der Waals surface area (Å²) in [6.07, 6.45) is 0. The van der Waals surface area contributed by atoms with Crippen LogP contribution >= 0.6 is 27.5 Å². The van der Waals surface area contributed by atoms with Crippen LogP contribution in [0.1, 0.15) is 11.6 Å². The van der Waals surface area contributed by atoms with Crippen LogP contribution in [-0.4, -0.2) is 13.0 Å². The van der Waals surface area contributed by atoms with Gasteiger partial charge in [-0.1, -0.05) is 33.6 Å². The normalized spacial score (nSPS) is 16.5. The molecule has 3 rings (SSSR count). The maximum atomic E-state index is 11.8. The van der Waals surface area contributed by atoms with Crippen LogP contribution in [0.3, 0.4) is 0 Å². The average molecular weight is 368 g/mol. The second-order valence-electron chi connectivity index (χ2n) is 4.64. The van der Waals surface area contributed by atoms with Crippen molar-refractivity contribution < 1.29 is 9.53 Å². The lowest BCUT2D eigenvalue weighted by molar-refractivity contribution is -0.117. The van der Waals surface area contributed by atoms with Gasteiger partial charge in [0.15, 0.2) is 0 Å². The summed E-state index contributed by atoms with van der Waals surface area (Å²) in [5.74, 6) is 1.12. The largest absolute Gasteiger partial charge is 0.456 e. The summed E-state index contributed by atoms with van der Waals surface area (Å²) >= 11 is 9.48. The van der Waals surface area contributed by atoms with Crippen molar-refractivity contribution in [1.82, 2.24) is 5.32 Å². The molecule has 21 heavy (non-hydrogen) atoms. The van der Waals surface area contributed by atoms with Crippen molar-refractivity contribution in [2.45, 2.75) is 6.04 Å². The van der Waals surface area contributed by atoms with Crippen LogP contribution in [0.15, 0.2) is 40.9 Å². The molecule has 0 saturated carbocycles. The third kappa shape index (κ3) is 2.77. The van der Waals surface area contributed by atoms with Gasteiger partial charge >= 0.3 is 0 Å². The fourth-order valence-electron chi connectivity index (χ4n) is 2.28. The van der Waals surface area contributed by atoms with Gasteiger partial charge in [0.1, 0.15) is 17.5 Å². The van der Waals surface area contributed by atoms with E-state index in [1.807, 2.05) is 18.2 Å². The van der Waals surface area contributed by atoms with Crippen LogP contribution in [0.5, 0.6) is 11.5 Å². The summed E-state index contributed by atoms with van der Waals surface area (Å²) in [6, 6.07) is 10.6. The Morgan fingerprint density at radius 3 is 2.81 bits per heavy atom. The van der Waals surface area contributed by atoms with Crippen molar-refractivity contribution in [1.29, 1.82) is 0 Å². The molecule has 2 N–H and O–H groups in total. The van der Waals surface area contributed by atoms with Gasteiger partial charge in [-0.05, 0) is 31.3 Å². The number of likely N-dealkylation sites (N-methyl/N-ethyl adjacent to an activating group) is 1. The minimum atomic E-state index is -0.315. The summed E-state index contributed by atoms with van der Waals surface area (Å²) < 4.78 is 6.66. The van der Waals surface area contributed by atoms with Gasteiger partial charge in [0.2, 0.25) is 5.91 Å². The molecule has 0 spiro atoms. The van der Waals surface area contributed by atoms with Crippen molar-refractivity contribution in [3.8, 4) is 11.5 Å². The molecular weight excluding hydrogens is 356 g/mol. The van der Waals surface area contributed by atoms with Gasteiger partial charge < -0.3 is 15.4 Å². The Morgan fingerprint density at radius 1 is 1.29 bits per heavy atom. The molecule has 1 heterocycles. The van der Waals surface area contributed by atoms with E-state index in [0.29, 0.717) is 16.5 Å². The number of carbonyl (C=O) groups is 1. The van der Waals surface area contributed by atoms with E-state index < -0.39 is 0 Å². The third-order valence-electron chi connectivity index (χ3n) is 3.27. The minimum absolute atomic E-state index is 0.0636. The summed E-state index contributed by atoms with van der Waals surface area (Å²) in [6.45, 7) is 0. The first-order valence-electron chi connectivity index (χ1n) is 6.33. The number of halogens is 2. The second-order valence-corrected chi connectivity index (χ2v) is 5.96. The molecule has 6 heteroatoms. The number of hydrogen-bond donors (Lipinski definition) is 2. The molecule has 4 nitrogen and oxygen atoms in total. The lowest BCUT2D eigenvalue weighted by Gasteiger charge is -2.10. The number of amides is 1. The van der Waals surface area contributed by atoms with Crippen LogP contribution in [-0.2, 0) is 4.79 Å². The Labute approximate surface area is 135 Å². The molecule has 0 radical (unpaired) electrons. The molecule has 1 aliphatic heterocycles. The molecular formula is C15H12BrClN2O2. The van der Waals surface area contributed by atoms with Gasteiger partial charge in [0, 0.05) is 21.8 Å². The molecule has 0 aliphatic carbocycles. The maximum absolute atomic E-state index is 11.8. The van der Waals surface area contributed by atoms with Gasteiger partial charge in [0.25, 0.3) is 0 Å². The SMILES string of the molecule is CNC1C(=O)Nc2cc(Oc3ccc(Br)cc3Cl)ccc21. The van der Waals surface area contributed by atoms with Crippen LogP contribution in [0.4, 0.5) is 5.69 Å². The van der Waals surface area contributed by atoms with Crippen molar-refractivity contribution in [2.24, 2.45) is 0 Å². The number of carbonyl (C=O) groups excluding carboxylic acids is 1. The van der Waals surface area contributed by atoms with Crippen molar-refractivity contribution in [3.63, 3.8) is 0 Å². The zero-order chi connectivity index (χ0) is 15.0. The van der Waals surface area contributed by atoms with E-state index in [-0.39, 0.29) is 11.9 Å². The van der Waals surface area contributed by atoms with E-state index in [1.54, 1.807) is 25.2 Å². The number of rotatable bonds is 3. The highest BCUT2D eigenvalue weighted by Gasteiger charge is 2.29. The predicted molar refractivity (Wildman–Crippen MR) is 86.1 cm³/mol. The van der Waals surface area contributed by atoms with Crippen molar-refractivity contribution in [3.05, 3.63) is 51.5 Å². The Hall–Kier alpha value is -1.56. The summed E-state index contributed by atoms with van der Waals surface area (Å²) in [4.78, 5) is 11.8. The van der Waals surface area contributed by atoms with Gasteiger partial charge in [-0.2, -0.15) is 0 Å². The molecule has 0 saturated heterocycles. The van der Waals surface area contributed by atoms with Gasteiger partial charge in [-0.15, -0.1) is 0 Å². The molecule has 1 unspecified atom stereocenters. The third-order valence-corrected chi connectivity index (χ3v) is 4.05. The average Bonchev–Trinajstić information content (AvgIpc) is 2.76. The Balaban J connectivity index is 1.89. The minimum Gasteiger partial charge on any atom is -0.456 e. The maximum Gasteiger partial charge on any atom is 0.246 e. The molecule has 1 atom stereocenters. The first-order chi connectivity index (χ1) is 10.1. The lowest BCUT2D eigenvalue weighted by atomic mass is 10.1. The first kappa shape index (κ1) is 14.4. The van der Waals surface area contributed by atoms with Crippen LogP contribution < -0.4 is 15.4 Å². The highest BCUT2D eigenvalue weighted by atomic mass is 79.9. The highest BCUT2D eigenvalue weighted by Crippen LogP contribution is 2.37. The number of nitrogens with one attached hydrogen (secondary N) is 2. The Kier molecular flexibility index (Phi) is 3.89. The smallest absolute Gasteiger partial charge is 0.246 e.